The van der Waals surface area contributed by atoms with Crippen molar-refractivity contribution < 1.29 is 9.59 Å². The van der Waals surface area contributed by atoms with Gasteiger partial charge in [-0.3, -0.25) is 23.6 Å². The highest BCUT2D eigenvalue weighted by atomic mass is 16.2. The second-order valence-corrected chi connectivity index (χ2v) is 5.95. The molecule has 26 heavy (non-hydrogen) atoms. The number of carbonyl (C=O) groups is 2. The van der Waals surface area contributed by atoms with Gasteiger partial charge in [0, 0.05) is 20.3 Å². The number of hydrogen-bond donors (Lipinski definition) is 2. The molecule has 0 bridgehead atoms. The molecule has 0 aliphatic heterocycles. The van der Waals surface area contributed by atoms with Gasteiger partial charge in [0.1, 0.15) is 12.2 Å². The lowest BCUT2D eigenvalue weighted by atomic mass is 10.3. The smallest absolute Gasteiger partial charge is 0.276 e. The topological polar surface area (TPSA) is 112 Å². The van der Waals surface area contributed by atoms with Gasteiger partial charge in [-0.05, 0) is 19.9 Å². The largest absolute Gasteiger partial charge is 0.321 e. The molecule has 3 aromatic rings. The van der Waals surface area contributed by atoms with E-state index in [1.165, 1.54) is 15.6 Å². The third-order valence-corrected chi connectivity index (χ3v) is 3.99. The van der Waals surface area contributed by atoms with Gasteiger partial charge in [-0.15, -0.1) is 0 Å². The van der Waals surface area contributed by atoms with E-state index in [0.29, 0.717) is 11.4 Å². The maximum Gasteiger partial charge on any atom is 0.276 e. The van der Waals surface area contributed by atoms with Crippen molar-refractivity contribution in [2.75, 3.05) is 10.6 Å². The molecule has 0 radical (unpaired) electrons. The summed E-state index contributed by atoms with van der Waals surface area (Å²) >= 11 is 0. The number of nitrogens with one attached hydrogen (secondary N) is 2. The van der Waals surface area contributed by atoms with Crippen LogP contribution in [-0.2, 0) is 25.4 Å². The predicted molar refractivity (Wildman–Crippen MR) is 94.7 cm³/mol. The van der Waals surface area contributed by atoms with Crippen molar-refractivity contribution in [1.29, 1.82) is 0 Å². The summed E-state index contributed by atoms with van der Waals surface area (Å²) in [6.45, 7) is 3.74. The van der Waals surface area contributed by atoms with E-state index in [0.717, 1.165) is 11.4 Å². The van der Waals surface area contributed by atoms with Crippen LogP contribution in [0.1, 0.15) is 21.9 Å². The molecule has 0 atom stereocenters. The Bertz CT molecular complexity index is 965. The average molecular weight is 356 g/mol. The number of nitrogens with zero attached hydrogens (tertiary/aromatic N) is 6. The van der Waals surface area contributed by atoms with Crippen molar-refractivity contribution >= 4 is 23.2 Å². The minimum absolute atomic E-state index is 0.0471. The van der Waals surface area contributed by atoms with Crippen molar-refractivity contribution in [2.24, 2.45) is 14.1 Å². The molecule has 3 rings (SSSR count). The van der Waals surface area contributed by atoms with Crippen LogP contribution in [0.3, 0.4) is 0 Å². The summed E-state index contributed by atoms with van der Waals surface area (Å²) in [6, 6.07) is 1.81. The van der Waals surface area contributed by atoms with Crippen LogP contribution in [0.15, 0.2) is 24.7 Å². The molecule has 0 saturated heterocycles. The van der Waals surface area contributed by atoms with Crippen molar-refractivity contribution in [1.82, 2.24) is 29.3 Å². The summed E-state index contributed by atoms with van der Waals surface area (Å²) in [6.07, 6.45) is 4.73. The molecule has 10 heteroatoms. The molecule has 3 heterocycles. The molecule has 0 aliphatic carbocycles. The SMILES string of the molecule is Cc1ccn(CC(=O)Nc2cnn(C)c2C(=O)Nc2cnn(C)c2C)n1. The molecule has 10 nitrogen and oxygen atoms in total. The highest BCUT2D eigenvalue weighted by Crippen LogP contribution is 2.18. The van der Waals surface area contributed by atoms with Gasteiger partial charge in [-0.1, -0.05) is 0 Å². The lowest BCUT2D eigenvalue weighted by Crippen LogP contribution is -2.23. The zero-order valence-corrected chi connectivity index (χ0v) is 15.0. The number of amides is 2. The van der Waals surface area contributed by atoms with Gasteiger partial charge in [0.25, 0.3) is 5.91 Å². The van der Waals surface area contributed by atoms with E-state index in [2.05, 4.69) is 25.9 Å². The Balaban J connectivity index is 1.74. The van der Waals surface area contributed by atoms with Crippen LogP contribution < -0.4 is 10.6 Å². The Morgan fingerprint density at radius 2 is 1.73 bits per heavy atom. The normalized spacial score (nSPS) is 10.8. The van der Waals surface area contributed by atoms with Gasteiger partial charge in [0.2, 0.25) is 5.91 Å². The van der Waals surface area contributed by atoms with Crippen molar-refractivity contribution in [3.8, 4) is 0 Å². The van der Waals surface area contributed by atoms with Crippen LogP contribution in [0.5, 0.6) is 0 Å². The molecule has 0 fully saturated rings. The number of aryl methyl sites for hydroxylation is 3. The van der Waals surface area contributed by atoms with E-state index in [9.17, 15) is 9.59 Å². The van der Waals surface area contributed by atoms with Crippen molar-refractivity contribution in [2.45, 2.75) is 20.4 Å². The number of aromatic nitrogens is 6. The van der Waals surface area contributed by atoms with E-state index in [4.69, 9.17) is 0 Å². The number of hydrogen-bond acceptors (Lipinski definition) is 5. The Labute approximate surface area is 149 Å². The maximum atomic E-state index is 12.6. The molecule has 2 amide bonds. The van der Waals surface area contributed by atoms with E-state index >= 15 is 0 Å². The molecule has 136 valence electrons. The lowest BCUT2D eigenvalue weighted by Gasteiger charge is -2.09. The van der Waals surface area contributed by atoms with E-state index < -0.39 is 0 Å². The average Bonchev–Trinajstić information content (AvgIpc) is 3.23. The first-order chi connectivity index (χ1) is 12.3. The highest BCUT2D eigenvalue weighted by molar-refractivity contribution is 6.09. The fourth-order valence-electron chi connectivity index (χ4n) is 2.49. The summed E-state index contributed by atoms with van der Waals surface area (Å²) in [7, 11) is 3.43. The van der Waals surface area contributed by atoms with Crippen LogP contribution in [0.4, 0.5) is 11.4 Å². The number of anilines is 2. The van der Waals surface area contributed by atoms with Gasteiger partial charge in [0.15, 0.2) is 0 Å². The standard InChI is InChI=1S/C16H20N8O2/c1-10-5-6-24(21-10)9-14(25)19-13-8-18-23(4)15(13)16(26)20-12-7-17-22(3)11(12)2/h5-8H,9H2,1-4H3,(H,19,25)(H,20,26). The van der Waals surface area contributed by atoms with Gasteiger partial charge < -0.3 is 10.6 Å². The molecule has 3 aromatic heterocycles. The minimum atomic E-state index is -0.383. The molecule has 0 aromatic carbocycles. The fourth-order valence-corrected chi connectivity index (χ4v) is 2.49. The zero-order valence-electron chi connectivity index (χ0n) is 15.0. The lowest BCUT2D eigenvalue weighted by molar-refractivity contribution is -0.116. The minimum Gasteiger partial charge on any atom is -0.321 e. The molecule has 0 saturated carbocycles. The molecular weight excluding hydrogens is 336 g/mol. The summed E-state index contributed by atoms with van der Waals surface area (Å²) in [4.78, 5) is 24.9. The monoisotopic (exact) mass is 356 g/mol. The Morgan fingerprint density at radius 1 is 1.04 bits per heavy atom. The fraction of sp³-hybridized carbons (Fsp3) is 0.312. The maximum absolute atomic E-state index is 12.6. The van der Waals surface area contributed by atoms with E-state index in [-0.39, 0.29) is 24.1 Å². The second kappa shape index (κ2) is 6.82. The van der Waals surface area contributed by atoms with Gasteiger partial charge in [-0.2, -0.15) is 15.3 Å². The Morgan fingerprint density at radius 3 is 2.35 bits per heavy atom. The first-order valence-corrected chi connectivity index (χ1v) is 7.97. The molecule has 0 spiro atoms. The quantitative estimate of drug-likeness (QED) is 0.704. The van der Waals surface area contributed by atoms with E-state index in [1.807, 2.05) is 19.9 Å². The van der Waals surface area contributed by atoms with E-state index in [1.54, 1.807) is 31.2 Å². The van der Waals surface area contributed by atoms with Crippen LogP contribution in [0.2, 0.25) is 0 Å². The van der Waals surface area contributed by atoms with Crippen LogP contribution in [0.25, 0.3) is 0 Å². The van der Waals surface area contributed by atoms with Gasteiger partial charge >= 0.3 is 0 Å². The van der Waals surface area contributed by atoms with Crippen LogP contribution >= 0.6 is 0 Å². The second-order valence-electron chi connectivity index (χ2n) is 5.95. The van der Waals surface area contributed by atoms with Crippen molar-refractivity contribution in [3.05, 3.63) is 41.7 Å². The number of carbonyl (C=O) groups excluding carboxylic acids is 2. The third-order valence-electron chi connectivity index (χ3n) is 3.99. The van der Waals surface area contributed by atoms with Crippen LogP contribution in [0, 0.1) is 13.8 Å². The molecule has 2 N–H and O–H groups in total. The van der Waals surface area contributed by atoms with Gasteiger partial charge in [0.05, 0.1) is 35.2 Å². The van der Waals surface area contributed by atoms with Crippen LogP contribution in [-0.4, -0.2) is 41.2 Å². The molecule has 0 aliphatic rings. The summed E-state index contributed by atoms with van der Waals surface area (Å²) in [5.74, 6) is -0.681. The molecule has 0 unspecified atom stereocenters. The van der Waals surface area contributed by atoms with Crippen molar-refractivity contribution in [3.63, 3.8) is 0 Å². The van der Waals surface area contributed by atoms with Gasteiger partial charge in [-0.25, -0.2) is 0 Å². The summed E-state index contributed by atoms with van der Waals surface area (Å²) in [5, 5.41) is 17.8. The summed E-state index contributed by atoms with van der Waals surface area (Å²) < 4.78 is 4.60. The number of rotatable bonds is 5. The Kier molecular flexibility index (Phi) is 4.57. The third kappa shape index (κ3) is 3.48. The predicted octanol–water partition coefficient (Wildman–Crippen LogP) is 0.858. The highest BCUT2D eigenvalue weighted by Gasteiger charge is 2.20. The first kappa shape index (κ1) is 17.4. The Hall–Kier alpha value is -3.43. The summed E-state index contributed by atoms with van der Waals surface area (Å²) in [5.41, 5.74) is 2.83. The molecular formula is C16H20N8O2. The first-order valence-electron chi connectivity index (χ1n) is 7.97. The zero-order chi connectivity index (χ0) is 18.8.